The van der Waals surface area contributed by atoms with Crippen molar-refractivity contribution >= 4 is 32.1 Å². The van der Waals surface area contributed by atoms with Crippen molar-refractivity contribution < 1.29 is 4.74 Å². The van der Waals surface area contributed by atoms with Gasteiger partial charge in [-0.15, -0.1) is 0 Å². The normalized spacial score (nSPS) is 10.5. The van der Waals surface area contributed by atoms with E-state index in [1.807, 2.05) is 19.1 Å². The molecule has 14 heavy (non-hydrogen) atoms. The summed E-state index contributed by atoms with van der Waals surface area (Å²) in [4.78, 5) is 4.44. The SMILES string of the molecule is COc1ccc2c([AsH2])nc(C)cc2c1. The molecule has 0 aliphatic heterocycles. The molecule has 2 rings (SSSR count). The molecule has 1 unspecified atom stereocenters. The van der Waals surface area contributed by atoms with Gasteiger partial charge in [-0.05, 0) is 0 Å². The average molecular weight is 249 g/mol. The van der Waals surface area contributed by atoms with E-state index in [9.17, 15) is 0 Å². The third-order valence-corrected chi connectivity index (χ3v) is 3.12. The number of nitrogens with zero attached hydrogens (tertiary/aromatic N) is 1. The fraction of sp³-hybridized carbons (Fsp3) is 0.182. The Morgan fingerprint density at radius 2 is 2.07 bits per heavy atom. The van der Waals surface area contributed by atoms with Gasteiger partial charge in [0.15, 0.2) is 0 Å². The van der Waals surface area contributed by atoms with Crippen LogP contribution in [-0.4, -0.2) is 28.9 Å². The molecule has 0 fully saturated rings. The van der Waals surface area contributed by atoms with Gasteiger partial charge in [0.2, 0.25) is 0 Å². The molecule has 0 saturated carbocycles. The third kappa shape index (κ3) is 1.62. The molecule has 1 atom stereocenters. The van der Waals surface area contributed by atoms with Gasteiger partial charge in [0, 0.05) is 0 Å². The van der Waals surface area contributed by atoms with Crippen LogP contribution in [0.5, 0.6) is 5.75 Å². The molecule has 0 amide bonds. The summed E-state index contributed by atoms with van der Waals surface area (Å²) >= 11 is 1.56. The summed E-state index contributed by atoms with van der Waals surface area (Å²) in [6.45, 7) is 2.02. The van der Waals surface area contributed by atoms with Crippen molar-refractivity contribution in [3.63, 3.8) is 0 Å². The van der Waals surface area contributed by atoms with Crippen LogP contribution in [0.15, 0.2) is 24.3 Å². The van der Waals surface area contributed by atoms with Crippen molar-refractivity contribution in [2.75, 3.05) is 7.11 Å². The predicted molar refractivity (Wildman–Crippen MR) is 61.2 cm³/mol. The summed E-state index contributed by atoms with van der Waals surface area (Å²) in [5.41, 5.74) is 1.06. The number of aryl methyl sites for hydroxylation is 1. The average Bonchev–Trinajstić information content (AvgIpc) is 2.16. The molecule has 1 heterocycles. The summed E-state index contributed by atoms with van der Waals surface area (Å²) in [5, 5.41) is 2.42. The second-order valence-electron chi connectivity index (χ2n) is 3.24. The molecular weight excluding hydrogens is 237 g/mol. The fourth-order valence-corrected chi connectivity index (χ4v) is 2.51. The summed E-state index contributed by atoms with van der Waals surface area (Å²) in [7, 11) is 1.69. The van der Waals surface area contributed by atoms with Crippen LogP contribution in [0.25, 0.3) is 10.8 Å². The predicted octanol–water partition coefficient (Wildman–Crippen LogP) is 0.810. The number of fused-ring (bicyclic) bond motifs is 1. The van der Waals surface area contributed by atoms with Gasteiger partial charge in [-0.3, -0.25) is 0 Å². The van der Waals surface area contributed by atoms with Crippen LogP contribution in [0.1, 0.15) is 5.69 Å². The summed E-state index contributed by atoms with van der Waals surface area (Å²) in [5.74, 6) is 0.898. The zero-order valence-corrected chi connectivity index (χ0v) is 10.7. The van der Waals surface area contributed by atoms with E-state index in [1.54, 1.807) is 24.0 Å². The number of aromatic nitrogens is 1. The van der Waals surface area contributed by atoms with E-state index in [-0.39, 0.29) is 0 Å². The van der Waals surface area contributed by atoms with Crippen LogP contribution in [0.4, 0.5) is 0 Å². The van der Waals surface area contributed by atoms with E-state index in [2.05, 4.69) is 17.1 Å². The molecule has 2 nitrogen and oxygen atoms in total. The zero-order valence-electron chi connectivity index (χ0n) is 8.24. The second kappa shape index (κ2) is 3.62. The Bertz CT molecular complexity index is 482. The first-order valence-corrected chi connectivity index (χ1v) is 5.62. The van der Waals surface area contributed by atoms with E-state index in [0.717, 1.165) is 15.9 Å². The molecule has 0 aliphatic rings. The van der Waals surface area contributed by atoms with Gasteiger partial charge in [0.25, 0.3) is 0 Å². The Morgan fingerprint density at radius 3 is 2.79 bits per heavy atom. The number of rotatable bonds is 1. The van der Waals surface area contributed by atoms with Crippen molar-refractivity contribution in [2.45, 2.75) is 6.92 Å². The Morgan fingerprint density at radius 1 is 1.29 bits per heavy atom. The summed E-state index contributed by atoms with van der Waals surface area (Å²) in [6, 6.07) is 8.17. The van der Waals surface area contributed by atoms with Crippen LogP contribution >= 0.6 is 0 Å². The monoisotopic (exact) mass is 249 g/mol. The first-order valence-electron chi connectivity index (χ1n) is 4.41. The molecule has 0 saturated heterocycles. The fourth-order valence-electron chi connectivity index (χ4n) is 1.53. The Hall–Kier alpha value is -1.01. The van der Waals surface area contributed by atoms with Crippen molar-refractivity contribution in [3.8, 4) is 5.75 Å². The van der Waals surface area contributed by atoms with Crippen molar-refractivity contribution in [1.82, 2.24) is 4.98 Å². The van der Waals surface area contributed by atoms with Crippen LogP contribution in [0, 0.1) is 6.92 Å². The third-order valence-electron chi connectivity index (χ3n) is 2.20. The Balaban J connectivity index is 2.75. The first kappa shape index (κ1) is 9.54. The molecule has 3 heteroatoms. The topological polar surface area (TPSA) is 22.1 Å². The van der Waals surface area contributed by atoms with Gasteiger partial charge in [0.05, 0.1) is 0 Å². The van der Waals surface area contributed by atoms with Gasteiger partial charge in [0.1, 0.15) is 0 Å². The minimum atomic E-state index is 0.898. The minimum absolute atomic E-state index is 0.898. The van der Waals surface area contributed by atoms with Crippen molar-refractivity contribution in [1.29, 1.82) is 0 Å². The van der Waals surface area contributed by atoms with Gasteiger partial charge in [-0.25, -0.2) is 0 Å². The van der Waals surface area contributed by atoms with E-state index in [1.165, 1.54) is 10.8 Å². The number of pyridine rings is 1. The van der Waals surface area contributed by atoms with E-state index < -0.39 is 0 Å². The van der Waals surface area contributed by atoms with Crippen LogP contribution in [-0.2, 0) is 0 Å². The molecule has 1 aromatic heterocycles. The number of hydrogen-bond donors (Lipinski definition) is 0. The van der Waals surface area contributed by atoms with Crippen molar-refractivity contribution in [3.05, 3.63) is 30.0 Å². The van der Waals surface area contributed by atoms with Crippen molar-refractivity contribution in [2.24, 2.45) is 0 Å². The van der Waals surface area contributed by atoms with Gasteiger partial charge in [-0.1, -0.05) is 0 Å². The molecular formula is C11H12AsNO. The molecule has 72 valence electrons. The standard InChI is InChI=1S/C11H12AsNO/c1-7-5-8-6-9(14-2)3-4-10(8)11(12)13-7/h3-6H,12H2,1-2H3. The maximum absolute atomic E-state index is 5.19. The summed E-state index contributed by atoms with van der Waals surface area (Å²) in [6.07, 6.45) is 0. The number of methoxy groups -OCH3 is 1. The van der Waals surface area contributed by atoms with Crippen LogP contribution < -0.4 is 9.22 Å². The molecule has 2 aromatic rings. The molecule has 0 radical (unpaired) electrons. The van der Waals surface area contributed by atoms with E-state index in [4.69, 9.17) is 4.74 Å². The Labute approximate surface area is 91.8 Å². The number of hydrogen-bond acceptors (Lipinski definition) is 2. The molecule has 0 N–H and O–H groups in total. The van der Waals surface area contributed by atoms with Crippen LogP contribution in [0.2, 0.25) is 0 Å². The first-order chi connectivity index (χ1) is 6.70. The second-order valence-corrected chi connectivity index (χ2v) is 4.38. The van der Waals surface area contributed by atoms with Gasteiger partial charge < -0.3 is 0 Å². The zero-order chi connectivity index (χ0) is 10.1. The molecule has 0 aliphatic carbocycles. The number of ether oxygens (including phenoxy) is 1. The van der Waals surface area contributed by atoms with Crippen LogP contribution in [0.3, 0.4) is 0 Å². The maximum atomic E-state index is 5.19. The van der Waals surface area contributed by atoms with E-state index >= 15 is 0 Å². The molecule has 0 bridgehead atoms. The van der Waals surface area contributed by atoms with Gasteiger partial charge >= 0.3 is 91.6 Å². The molecule has 1 aromatic carbocycles. The quantitative estimate of drug-likeness (QED) is 0.698. The summed E-state index contributed by atoms with van der Waals surface area (Å²) < 4.78 is 6.32. The number of benzene rings is 1. The molecule has 0 spiro atoms. The van der Waals surface area contributed by atoms with E-state index in [0.29, 0.717) is 0 Å². The van der Waals surface area contributed by atoms with Gasteiger partial charge in [-0.2, -0.15) is 0 Å². The Kier molecular flexibility index (Phi) is 2.47.